The monoisotopic (exact) mass is 334 g/mol. The number of nitrogens with zero attached hydrogens (tertiary/aromatic N) is 2. The molecule has 20 heavy (non-hydrogen) atoms. The van der Waals surface area contributed by atoms with Crippen LogP contribution in [0.1, 0.15) is 25.0 Å². The molecule has 0 atom stereocenters. The molecule has 1 aromatic carbocycles. The van der Waals surface area contributed by atoms with Crippen molar-refractivity contribution >= 4 is 27.6 Å². The van der Waals surface area contributed by atoms with E-state index in [9.17, 15) is 0 Å². The van der Waals surface area contributed by atoms with E-state index in [0.717, 1.165) is 41.2 Å². The number of hydrogen-bond acceptors (Lipinski definition) is 4. The van der Waals surface area contributed by atoms with Gasteiger partial charge in [0.2, 0.25) is 0 Å². The maximum atomic E-state index is 4.36. The first-order valence-corrected chi connectivity index (χ1v) is 7.60. The van der Waals surface area contributed by atoms with E-state index in [1.807, 2.05) is 12.1 Å². The predicted molar refractivity (Wildman–Crippen MR) is 87.0 cm³/mol. The fraction of sp³-hybridized carbons (Fsp3) is 0.333. The third kappa shape index (κ3) is 3.70. The molecule has 0 unspecified atom stereocenters. The minimum absolute atomic E-state index is 0.745. The molecule has 5 heteroatoms. The number of nitrogens with one attached hydrogen (secondary N) is 2. The highest BCUT2D eigenvalue weighted by Gasteiger charge is 2.08. The van der Waals surface area contributed by atoms with Gasteiger partial charge in [-0.25, -0.2) is 9.97 Å². The molecule has 2 aromatic rings. The Morgan fingerprint density at radius 3 is 2.50 bits per heavy atom. The average molecular weight is 335 g/mol. The summed E-state index contributed by atoms with van der Waals surface area (Å²) < 4.78 is 1.09. The van der Waals surface area contributed by atoms with Crippen LogP contribution in [0.3, 0.4) is 0 Å². The highest BCUT2D eigenvalue weighted by atomic mass is 79.9. The summed E-state index contributed by atoms with van der Waals surface area (Å²) >= 11 is 3.49. The fourth-order valence-corrected chi connectivity index (χ4v) is 2.50. The van der Waals surface area contributed by atoms with Crippen LogP contribution < -0.4 is 10.6 Å². The van der Waals surface area contributed by atoms with Crippen LogP contribution in [0, 0.1) is 0 Å². The Balaban J connectivity index is 2.14. The molecule has 0 spiro atoms. The maximum Gasteiger partial charge on any atom is 0.134 e. The average Bonchev–Trinajstić information content (AvgIpc) is 2.45. The molecule has 0 saturated carbocycles. The highest BCUT2D eigenvalue weighted by Crippen LogP contribution is 2.21. The summed E-state index contributed by atoms with van der Waals surface area (Å²) in [6.45, 7) is 5.78. The summed E-state index contributed by atoms with van der Waals surface area (Å²) in [5.41, 5.74) is 2.34. The minimum atomic E-state index is 0.745. The van der Waals surface area contributed by atoms with Crippen LogP contribution in [0.4, 0.5) is 11.6 Å². The SMILES string of the molecule is CCNc1ncnc(NCc2cccc(Br)c2)c1CC. The summed E-state index contributed by atoms with van der Waals surface area (Å²) in [6, 6.07) is 8.25. The Morgan fingerprint density at radius 2 is 1.85 bits per heavy atom. The van der Waals surface area contributed by atoms with Gasteiger partial charge in [0.25, 0.3) is 0 Å². The van der Waals surface area contributed by atoms with Crippen LogP contribution >= 0.6 is 15.9 Å². The van der Waals surface area contributed by atoms with E-state index in [1.54, 1.807) is 6.33 Å². The van der Waals surface area contributed by atoms with Crippen molar-refractivity contribution in [1.82, 2.24) is 9.97 Å². The second kappa shape index (κ2) is 7.24. The second-order valence-electron chi connectivity index (χ2n) is 4.42. The lowest BCUT2D eigenvalue weighted by Gasteiger charge is -2.13. The van der Waals surface area contributed by atoms with Crippen molar-refractivity contribution in [3.05, 3.63) is 46.2 Å². The molecule has 106 valence electrons. The first-order chi connectivity index (χ1) is 9.74. The topological polar surface area (TPSA) is 49.8 Å². The molecule has 2 rings (SSSR count). The Morgan fingerprint density at radius 1 is 1.10 bits per heavy atom. The van der Waals surface area contributed by atoms with Crippen LogP contribution in [-0.4, -0.2) is 16.5 Å². The van der Waals surface area contributed by atoms with Gasteiger partial charge in [0.15, 0.2) is 0 Å². The van der Waals surface area contributed by atoms with Gasteiger partial charge in [0.1, 0.15) is 18.0 Å². The van der Waals surface area contributed by atoms with Crippen LogP contribution in [0.2, 0.25) is 0 Å². The molecule has 2 N–H and O–H groups in total. The molecular formula is C15H19BrN4. The number of benzene rings is 1. The number of hydrogen-bond donors (Lipinski definition) is 2. The zero-order valence-electron chi connectivity index (χ0n) is 11.8. The lowest BCUT2D eigenvalue weighted by molar-refractivity contribution is 0.999. The molecular weight excluding hydrogens is 316 g/mol. The van der Waals surface area contributed by atoms with Crippen molar-refractivity contribution in [3.63, 3.8) is 0 Å². The summed E-state index contributed by atoms with van der Waals surface area (Å²) in [4.78, 5) is 8.66. The van der Waals surface area contributed by atoms with E-state index >= 15 is 0 Å². The van der Waals surface area contributed by atoms with Crippen molar-refractivity contribution in [2.45, 2.75) is 26.8 Å². The lowest BCUT2D eigenvalue weighted by atomic mass is 10.2. The van der Waals surface area contributed by atoms with Crippen LogP contribution in [0.15, 0.2) is 35.1 Å². The van der Waals surface area contributed by atoms with Gasteiger partial charge in [0, 0.05) is 23.1 Å². The molecule has 1 aromatic heterocycles. The summed E-state index contributed by atoms with van der Waals surface area (Å²) in [5.74, 6) is 1.82. The van der Waals surface area contributed by atoms with E-state index in [1.165, 1.54) is 5.56 Å². The van der Waals surface area contributed by atoms with E-state index in [4.69, 9.17) is 0 Å². The minimum Gasteiger partial charge on any atom is -0.370 e. The van der Waals surface area contributed by atoms with Gasteiger partial charge < -0.3 is 10.6 Å². The van der Waals surface area contributed by atoms with Crippen LogP contribution in [0.5, 0.6) is 0 Å². The fourth-order valence-electron chi connectivity index (χ4n) is 2.05. The summed E-state index contributed by atoms with van der Waals surface area (Å²) in [6.07, 6.45) is 2.49. The first-order valence-electron chi connectivity index (χ1n) is 6.80. The summed E-state index contributed by atoms with van der Waals surface area (Å²) in [7, 11) is 0. The van der Waals surface area contributed by atoms with E-state index in [2.05, 4.69) is 62.5 Å². The number of halogens is 1. The normalized spacial score (nSPS) is 10.3. The van der Waals surface area contributed by atoms with Crippen molar-refractivity contribution in [1.29, 1.82) is 0 Å². The van der Waals surface area contributed by atoms with Crippen LogP contribution in [0.25, 0.3) is 0 Å². The highest BCUT2D eigenvalue weighted by molar-refractivity contribution is 9.10. The first kappa shape index (κ1) is 14.8. The van der Waals surface area contributed by atoms with Gasteiger partial charge in [-0.2, -0.15) is 0 Å². The van der Waals surface area contributed by atoms with Gasteiger partial charge in [-0.3, -0.25) is 0 Å². The Hall–Kier alpha value is -1.62. The van der Waals surface area contributed by atoms with Gasteiger partial charge in [0.05, 0.1) is 0 Å². The number of aromatic nitrogens is 2. The van der Waals surface area contributed by atoms with Gasteiger partial charge in [-0.05, 0) is 31.0 Å². The zero-order valence-corrected chi connectivity index (χ0v) is 13.4. The molecule has 1 heterocycles. The molecule has 0 saturated heterocycles. The smallest absolute Gasteiger partial charge is 0.134 e. The predicted octanol–water partition coefficient (Wildman–Crippen LogP) is 3.85. The molecule has 0 radical (unpaired) electrons. The Labute approximate surface area is 128 Å². The number of anilines is 2. The van der Waals surface area contributed by atoms with Gasteiger partial charge in [-0.15, -0.1) is 0 Å². The standard InChI is InChI=1S/C15H19BrN4/c1-3-13-14(17-4-2)19-10-20-15(13)18-9-11-6-5-7-12(16)8-11/h5-8,10H,3-4,9H2,1-2H3,(H2,17,18,19,20). The van der Waals surface area contributed by atoms with Crippen molar-refractivity contribution in [2.75, 3.05) is 17.2 Å². The number of rotatable bonds is 6. The zero-order chi connectivity index (χ0) is 14.4. The Kier molecular flexibility index (Phi) is 5.35. The molecule has 0 aliphatic carbocycles. The second-order valence-corrected chi connectivity index (χ2v) is 5.33. The van der Waals surface area contributed by atoms with Crippen molar-refractivity contribution < 1.29 is 0 Å². The van der Waals surface area contributed by atoms with Crippen molar-refractivity contribution in [2.24, 2.45) is 0 Å². The molecule has 0 bridgehead atoms. The third-order valence-corrected chi connectivity index (χ3v) is 3.49. The van der Waals surface area contributed by atoms with Gasteiger partial charge in [-0.1, -0.05) is 35.0 Å². The van der Waals surface area contributed by atoms with Crippen molar-refractivity contribution in [3.8, 4) is 0 Å². The molecule has 4 nitrogen and oxygen atoms in total. The largest absolute Gasteiger partial charge is 0.370 e. The van der Waals surface area contributed by atoms with Crippen LogP contribution in [-0.2, 0) is 13.0 Å². The Bertz CT molecular complexity index is 572. The van der Waals surface area contributed by atoms with E-state index in [-0.39, 0.29) is 0 Å². The summed E-state index contributed by atoms with van der Waals surface area (Å²) in [5, 5.41) is 6.67. The molecule has 0 aliphatic heterocycles. The van der Waals surface area contributed by atoms with Gasteiger partial charge >= 0.3 is 0 Å². The molecule has 0 amide bonds. The molecule has 0 aliphatic rings. The lowest BCUT2D eigenvalue weighted by Crippen LogP contribution is -2.09. The maximum absolute atomic E-state index is 4.36. The van der Waals surface area contributed by atoms with E-state index in [0.29, 0.717) is 0 Å². The molecule has 0 fully saturated rings. The quantitative estimate of drug-likeness (QED) is 0.842. The third-order valence-electron chi connectivity index (χ3n) is 2.99. The van der Waals surface area contributed by atoms with E-state index < -0.39 is 0 Å².